The zero-order valence-corrected chi connectivity index (χ0v) is 47.4. The van der Waals surface area contributed by atoms with Gasteiger partial charge in [-0.3, -0.25) is 18.1 Å². The Labute approximate surface area is 494 Å². The molecule has 0 aliphatic carbocycles. The summed E-state index contributed by atoms with van der Waals surface area (Å²) in [4.78, 5) is 17.1. The maximum Gasteiger partial charge on any atom is 0.220 e. The number of aromatic nitrogens is 8. The van der Waals surface area contributed by atoms with Gasteiger partial charge in [0.2, 0.25) is 5.78 Å². The van der Waals surface area contributed by atoms with Crippen LogP contribution in [-0.2, 0) is 0 Å². The Morgan fingerprint density at radius 3 is 1.22 bits per heavy atom. The minimum absolute atomic E-state index is 0.635. The van der Waals surface area contributed by atoms with Gasteiger partial charge in [0.05, 0.1) is 49.7 Å². The van der Waals surface area contributed by atoms with Crippen LogP contribution in [0.3, 0.4) is 0 Å². The highest BCUT2D eigenvalue weighted by Crippen LogP contribution is 2.40. The first-order valence-corrected chi connectivity index (χ1v) is 31.3. The molecule has 12 aromatic carbocycles. The van der Waals surface area contributed by atoms with E-state index in [0.717, 1.165) is 94.9 Å². The summed E-state index contributed by atoms with van der Waals surface area (Å²) in [5, 5.41) is 12.0. The van der Waals surface area contributed by atoms with Gasteiger partial charge in [-0.15, -0.1) is 0 Å². The fourth-order valence-electron chi connectivity index (χ4n) is 14.3. The van der Waals surface area contributed by atoms with Crippen LogP contribution in [0, 0.1) is 0 Å². The summed E-state index contributed by atoms with van der Waals surface area (Å²) in [7, 11) is -3.27. The van der Waals surface area contributed by atoms with E-state index in [4.69, 9.17) is 15.0 Å². The fraction of sp³-hybridized carbons (Fsp3) is 0. The van der Waals surface area contributed by atoms with Crippen LogP contribution in [0.15, 0.2) is 303 Å². The first-order chi connectivity index (χ1) is 42.7. The van der Waals surface area contributed by atoms with E-state index in [1.807, 2.05) is 0 Å². The lowest BCUT2D eigenvalue weighted by Gasteiger charge is -2.35. The van der Waals surface area contributed by atoms with E-state index in [-0.39, 0.29) is 0 Å². The Balaban J connectivity index is 0.893. The highest BCUT2D eigenvalue weighted by atomic mass is 28.3. The molecule has 0 N–H and O–H groups in total. The van der Waals surface area contributed by atoms with Crippen LogP contribution >= 0.6 is 0 Å². The van der Waals surface area contributed by atoms with E-state index < -0.39 is 8.07 Å². The lowest BCUT2D eigenvalue weighted by Crippen LogP contribution is -2.74. The topological polar surface area (TPSA) is 62.8 Å². The van der Waals surface area contributed by atoms with E-state index in [9.17, 15) is 0 Å². The third kappa shape index (κ3) is 6.94. The van der Waals surface area contributed by atoms with Crippen LogP contribution in [0.5, 0.6) is 0 Å². The molecule has 0 unspecified atom stereocenters. The molecule has 0 fully saturated rings. The first kappa shape index (κ1) is 48.2. The molecule has 0 radical (unpaired) electrons. The zero-order valence-electron chi connectivity index (χ0n) is 46.4. The minimum atomic E-state index is -3.27. The Bertz CT molecular complexity index is 5450. The third-order valence-electron chi connectivity index (χ3n) is 17.8. The molecule has 0 bridgehead atoms. The highest BCUT2D eigenvalue weighted by Gasteiger charge is 2.42. The third-order valence-corrected chi connectivity index (χ3v) is 22.6. The molecule has 0 atom stereocenters. The molecule has 0 saturated heterocycles. The number of para-hydroxylation sites is 8. The first-order valence-electron chi connectivity index (χ1n) is 29.3. The van der Waals surface area contributed by atoms with Crippen molar-refractivity contribution < 1.29 is 0 Å². The van der Waals surface area contributed by atoms with E-state index >= 15 is 0 Å². The van der Waals surface area contributed by atoms with E-state index in [0.29, 0.717) is 5.82 Å². The minimum Gasteiger partial charge on any atom is -0.307 e. The maximum absolute atomic E-state index is 5.69. The lowest BCUT2D eigenvalue weighted by atomic mass is 10.1. The van der Waals surface area contributed by atoms with Gasteiger partial charge in [0.15, 0.2) is 13.9 Å². The van der Waals surface area contributed by atoms with Gasteiger partial charge in [-0.1, -0.05) is 218 Å². The van der Waals surface area contributed by atoms with Crippen molar-refractivity contribution >= 4 is 122 Å². The van der Waals surface area contributed by atoms with Crippen LogP contribution in [0.25, 0.3) is 128 Å². The van der Waals surface area contributed by atoms with E-state index in [1.54, 1.807) is 0 Å². The summed E-state index contributed by atoms with van der Waals surface area (Å²) < 4.78 is 11.7. The largest absolute Gasteiger partial charge is 0.307 e. The van der Waals surface area contributed by atoms with Crippen molar-refractivity contribution in [2.75, 3.05) is 0 Å². The Morgan fingerprint density at radius 1 is 0.256 bits per heavy atom. The van der Waals surface area contributed by atoms with Gasteiger partial charge in [0.1, 0.15) is 17.2 Å². The summed E-state index contributed by atoms with van der Waals surface area (Å²) in [6.45, 7) is 0. The molecule has 6 aromatic heterocycles. The summed E-state index contributed by atoms with van der Waals surface area (Å²) >= 11 is 0. The second-order valence-electron chi connectivity index (χ2n) is 22.3. The number of fused-ring (bicyclic) bond motifs is 15. The predicted octanol–water partition coefficient (Wildman–Crippen LogP) is 15.6. The average molecular weight is 1120 g/mol. The van der Waals surface area contributed by atoms with Crippen molar-refractivity contribution in [2.24, 2.45) is 0 Å². The SMILES string of the molecule is c1ccc(-n2c3ccccc3n3c4ccc5c6ccccc6n(-c6cccc([Si](c7ccccc7)(c7ccccc7)c7cccc(-c8nc(-n9c%10ccccc%10c%10ccccc%109)cc(-n9c%10ccccc%10c%10ccccc%109)n8)c7)c6)c5c4nc23)cc1. The Hall–Kier alpha value is -11.4. The van der Waals surface area contributed by atoms with E-state index in [1.165, 1.54) is 47.7 Å². The molecule has 0 spiro atoms. The molecule has 6 heterocycles. The highest BCUT2D eigenvalue weighted by molar-refractivity contribution is 7.20. The summed E-state index contributed by atoms with van der Waals surface area (Å²) in [5.74, 6) is 3.08. The Morgan fingerprint density at radius 2 is 0.674 bits per heavy atom. The van der Waals surface area contributed by atoms with Gasteiger partial charge in [0, 0.05) is 55.3 Å². The maximum atomic E-state index is 5.69. The lowest BCUT2D eigenvalue weighted by molar-refractivity contribution is 0.994. The zero-order chi connectivity index (χ0) is 56.5. The van der Waals surface area contributed by atoms with Gasteiger partial charge in [0.25, 0.3) is 0 Å². The van der Waals surface area contributed by atoms with Gasteiger partial charge in [-0.2, -0.15) is 0 Å². The van der Waals surface area contributed by atoms with Crippen molar-refractivity contribution in [1.82, 2.24) is 37.6 Å². The number of rotatable bonds is 9. The van der Waals surface area contributed by atoms with Gasteiger partial charge in [-0.05, 0) is 99.6 Å². The van der Waals surface area contributed by atoms with Gasteiger partial charge >= 0.3 is 0 Å². The second kappa shape index (κ2) is 18.8. The average Bonchev–Trinajstić information content (AvgIpc) is 1.84. The fourth-order valence-corrected chi connectivity index (χ4v) is 19.1. The molecule has 0 amide bonds. The van der Waals surface area contributed by atoms with Gasteiger partial charge in [-0.25, -0.2) is 15.0 Å². The number of hydrogen-bond donors (Lipinski definition) is 0. The molecular weight excluding hydrogens is 1060 g/mol. The molecule has 0 aliphatic rings. The summed E-state index contributed by atoms with van der Waals surface area (Å²) in [6.07, 6.45) is 0. The second-order valence-corrected chi connectivity index (χ2v) is 26.2. The summed E-state index contributed by atoms with van der Waals surface area (Å²) in [6, 6.07) is 110. The number of imidazole rings is 2. The number of hydrogen-bond acceptors (Lipinski definition) is 3. The predicted molar refractivity (Wildman–Crippen MR) is 357 cm³/mol. The molecule has 9 heteroatoms. The number of nitrogens with zero attached hydrogens (tertiary/aromatic N) is 8. The van der Waals surface area contributed by atoms with Gasteiger partial charge < -0.3 is 4.57 Å². The molecule has 0 aliphatic heterocycles. The molecule has 0 saturated carbocycles. The van der Waals surface area contributed by atoms with Crippen molar-refractivity contribution in [1.29, 1.82) is 0 Å². The van der Waals surface area contributed by atoms with Crippen molar-refractivity contribution in [3.05, 3.63) is 303 Å². The normalized spacial score (nSPS) is 12.2. The van der Waals surface area contributed by atoms with Crippen molar-refractivity contribution in [2.45, 2.75) is 0 Å². The Kier molecular flexibility index (Phi) is 10.5. The van der Waals surface area contributed by atoms with Crippen LogP contribution < -0.4 is 20.7 Å². The molecule has 402 valence electrons. The van der Waals surface area contributed by atoms with Crippen molar-refractivity contribution in [3.63, 3.8) is 0 Å². The molecular formula is C77H50N8Si. The number of benzene rings is 12. The van der Waals surface area contributed by atoms with Crippen LogP contribution in [0.4, 0.5) is 0 Å². The van der Waals surface area contributed by atoms with Crippen LogP contribution in [0.1, 0.15) is 0 Å². The molecule has 8 nitrogen and oxygen atoms in total. The molecule has 86 heavy (non-hydrogen) atoms. The van der Waals surface area contributed by atoms with Crippen LogP contribution in [0.2, 0.25) is 0 Å². The molecule has 18 rings (SSSR count). The quantitative estimate of drug-likeness (QED) is 0.107. The molecule has 18 aromatic rings. The smallest absolute Gasteiger partial charge is 0.220 e. The van der Waals surface area contributed by atoms with E-state index in [2.05, 4.69) is 326 Å². The van der Waals surface area contributed by atoms with Crippen molar-refractivity contribution in [3.8, 4) is 34.4 Å². The summed E-state index contributed by atoms with van der Waals surface area (Å²) in [5.41, 5.74) is 13.8. The monoisotopic (exact) mass is 1110 g/mol. The van der Waals surface area contributed by atoms with Crippen LogP contribution in [-0.4, -0.2) is 45.7 Å². The standard InChI is InChI=1S/C77H50N8Si/c1-4-25-52(26-5-1)82-69-44-20-21-45-70(69)85-71-47-46-63-62-38-14-15-39-64(62)81(75(63)74(71)80-77(82)85)53-27-23-33-57(49-53)86(54-28-6-2-7-29-54,55-30-8-3-9-31-55)56-32-22-24-51(48-56)76-78-72(83-65-40-16-10-34-58(65)59-35-11-17-41-66(59)83)50-73(79-76)84-67-42-18-12-36-60(67)61-37-13-19-43-68(61)84/h1-50H.